The lowest BCUT2D eigenvalue weighted by Gasteiger charge is -2.15. The number of nitrogens with zero attached hydrogens (tertiary/aromatic N) is 3. The monoisotopic (exact) mass is 277 g/mol. The highest BCUT2D eigenvalue weighted by molar-refractivity contribution is 5.16. The predicted octanol–water partition coefficient (Wildman–Crippen LogP) is 1.75. The van der Waals surface area contributed by atoms with Crippen LogP contribution in [0.25, 0.3) is 0 Å². The third-order valence-corrected chi connectivity index (χ3v) is 3.30. The largest absolute Gasteiger partial charge is 0.271 e. The molecule has 0 amide bonds. The first kappa shape index (κ1) is 14.6. The molecule has 0 bridgehead atoms. The van der Waals surface area contributed by atoms with Crippen molar-refractivity contribution in [3.8, 4) is 0 Å². The number of aromatic nitrogens is 3. The molecule has 6 heteroatoms. The van der Waals surface area contributed by atoms with Gasteiger partial charge in [0, 0.05) is 18.7 Å². The van der Waals surface area contributed by atoms with Crippen molar-refractivity contribution in [1.82, 2.24) is 20.2 Å². The lowest BCUT2D eigenvalue weighted by atomic mass is 10.1. The highest BCUT2D eigenvalue weighted by Crippen LogP contribution is 2.17. The zero-order valence-electron chi connectivity index (χ0n) is 11.8. The number of nitrogens with two attached hydrogens (primary N) is 1. The summed E-state index contributed by atoms with van der Waals surface area (Å²) in [5, 5.41) is 4.51. The van der Waals surface area contributed by atoms with Crippen LogP contribution >= 0.6 is 0 Å². The second-order valence-electron chi connectivity index (χ2n) is 4.62. The van der Waals surface area contributed by atoms with Gasteiger partial charge in [-0.1, -0.05) is 6.92 Å². The maximum Gasteiger partial charge on any atom is 0.141 e. The molecule has 108 valence electrons. The summed E-state index contributed by atoms with van der Waals surface area (Å²) < 4.78 is 14.9. The van der Waals surface area contributed by atoms with Gasteiger partial charge in [0.1, 0.15) is 5.82 Å². The van der Waals surface area contributed by atoms with E-state index in [0.29, 0.717) is 6.42 Å². The van der Waals surface area contributed by atoms with Crippen molar-refractivity contribution in [3.63, 3.8) is 0 Å². The number of pyridine rings is 1. The lowest BCUT2D eigenvalue weighted by molar-refractivity contribution is 0.504. The van der Waals surface area contributed by atoms with E-state index in [1.54, 1.807) is 6.07 Å². The number of aryl methyl sites for hydroxylation is 2. The summed E-state index contributed by atoms with van der Waals surface area (Å²) in [6, 6.07) is 4.95. The molecule has 1 unspecified atom stereocenters. The molecule has 2 aromatic heterocycles. The molecular formula is C14H20FN5. The Bertz CT molecular complexity index is 549. The number of halogens is 1. The van der Waals surface area contributed by atoms with Gasteiger partial charge in [0.25, 0.3) is 0 Å². The molecular weight excluding hydrogens is 257 g/mol. The fourth-order valence-corrected chi connectivity index (χ4v) is 2.18. The Balaban J connectivity index is 2.21. The molecule has 0 spiro atoms. The Kier molecular flexibility index (Phi) is 4.81. The van der Waals surface area contributed by atoms with Gasteiger partial charge in [-0.15, -0.1) is 0 Å². The van der Waals surface area contributed by atoms with Gasteiger partial charge in [0.15, 0.2) is 0 Å². The molecule has 0 saturated carbocycles. The van der Waals surface area contributed by atoms with Gasteiger partial charge in [-0.25, -0.2) is 4.39 Å². The highest BCUT2D eigenvalue weighted by atomic mass is 19.1. The van der Waals surface area contributed by atoms with Crippen LogP contribution in [0, 0.1) is 5.82 Å². The molecule has 0 radical (unpaired) electrons. The molecule has 2 rings (SSSR count). The van der Waals surface area contributed by atoms with Crippen LogP contribution in [0.2, 0.25) is 0 Å². The minimum absolute atomic E-state index is 0.165. The molecule has 0 fully saturated rings. The van der Waals surface area contributed by atoms with E-state index in [4.69, 9.17) is 5.84 Å². The Morgan fingerprint density at radius 2 is 2.20 bits per heavy atom. The smallest absolute Gasteiger partial charge is 0.141 e. The highest BCUT2D eigenvalue weighted by Gasteiger charge is 2.15. The summed E-state index contributed by atoms with van der Waals surface area (Å²) in [7, 11) is 0. The van der Waals surface area contributed by atoms with E-state index in [-0.39, 0.29) is 11.9 Å². The summed E-state index contributed by atoms with van der Waals surface area (Å²) in [5.74, 6) is 5.26. The van der Waals surface area contributed by atoms with Gasteiger partial charge in [0.05, 0.1) is 23.6 Å². The fraction of sp³-hybridized carbons (Fsp3) is 0.429. The summed E-state index contributed by atoms with van der Waals surface area (Å²) in [6.07, 6.45) is 2.76. The molecule has 0 saturated heterocycles. The van der Waals surface area contributed by atoms with Crippen LogP contribution in [0.3, 0.4) is 0 Å². The first-order valence-corrected chi connectivity index (χ1v) is 6.81. The molecule has 2 aromatic rings. The van der Waals surface area contributed by atoms with Crippen LogP contribution in [0.4, 0.5) is 4.39 Å². The third-order valence-electron chi connectivity index (χ3n) is 3.30. The molecule has 1 atom stereocenters. The van der Waals surface area contributed by atoms with E-state index in [1.807, 2.05) is 4.68 Å². The summed E-state index contributed by atoms with van der Waals surface area (Å²) >= 11 is 0. The van der Waals surface area contributed by atoms with Crippen molar-refractivity contribution < 1.29 is 4.39 Å². The van der Waals surface area contributed by atoms with Gasteiger partial charge in [-0.05, 0) is 31.5 Å². The Morgan fingerprint density at radius 3 is 2.75 bits per heavy atom. The maximum absolute atomic E-state index is 12.9. The SMILES string of the molecule is CCc1cc(CC(NN)c2ccc(F)cn2)n(CC)n1. The minimum Gasteiger partial charge on any atom is -0.271 e. The quantitative estimate of drug-likeness (QED) is 0.623. The maximum atomic E-state index is 12.9. The number of nitrogens with one attached hydrogen (secondary N) is 1. The Labute approximate surface area is 118 Å². The van der Waals surface area contributed by atoms with E-state index >= 15 is 0 Å². The zero-order valence-corrected chi connectivity index (χ0v) is 11.8. The van der Waals surface area contributed by atoms with E-state index in [9.17, 15) is 4.39 Å². The lowest BCUT2D eigenvalue weighted by Crippen LogP contribution is -2.30. The summed E-state index contributed by atoms with van der Waals surface area (Å²) in [6.45, 7) is 4.94. The number of rotatable bonds is 6. The molecule has 0 aliphatic rings. The van der Waals surface area contributed by atoms with E-state index in [0.717, 1.165) is 30.0 Å². The Morgan fingerprint density at radius 1 is 1.40 bits per heavy atom. The van der Waals surface area contributed by atoms with Gasteiger partial charge < -0.3 is 0 Å². The third kappa shape index (κ3) is 3.20. The van der Waals surface area contributed by atoms with Gasteiger partial charge in [0.2, 0.25) is 0 Å². The summed E-state index contributed by atoms with van der Waals surface area (Å²) in [4.78, 5) is 4.08. The van der Waals surface area contributed by atoms with Gasteiger partial charge in [-0.2, -0.15) is 5.10 Å². The predicted molar refractivity (Wildman–Crippen MR) is 75.2 cm³/mol. The average molecular weight is 277 g/mol. The normalized spacial score (nSPS) is 12.6. The topological polar surface area (TPSA) is 68.8 Å². The van der Waals surface area contributed by atoms with Crippen LogP contribution in [0.1, 0.15) is 37.0 Å². The second-order valence-corrected chi connectivity index (χ2v) is 4.62. The number of hydrogen-bond donors (Lipinski definition) is 2. The van der Waals surface area contributed by atoms with Crippen molar-refractivity contribution in [2.24, 2.45) is 5.84 Å². The van der Waals surface area contributed by atoms with Crippen molar-refractivity contribution in [3.05, 3.63) is 47.3 Å². The van der Waals surface area contributed by atoms with Crippen LogP contribution in [-0.2, 0) is 19.4 Å². The van der Waals surface area contributed by atoms with Crippen LogP contribution in [-0.4, -0.2) is 14.8 Å². The number of hydrogen-bond acceptors (Lipinski definition) is 4. The number of hydrazine groups is 1. The molecule has 5 nitrogen and oxygen atoms in total. The Hall–Kier alpha value is -1.79. The fourth-order valence-electron chi connectivity index (χ4n) is 2.18. The first-order valence-electron chi connectivity index (χ1n) is 6.81. The van der Waals surface area contributed by atoms with Crippen molar-refractivity contribution in [2.45, 2.75) is 39.3 Å². The van der Waals surface area contributed by atoms with Crippen molar-refractivity contribution >= 4 is 0 Å². The first-order chi connectivity index (χ1) is 9.67. The molecule has 0 aliphatic carbocycles. The van der Waals surface area contributed by atoms with Crippen LogP contribution in [0.15, 0.2) is 24.4 Å². The summed E-state index contributed by atoms with van der Waals surface area (Å²) in [5.41, 5.74) is 5.61. The standard InChI is InChI=1S/C14H20FN5/c1-3-11-7-12(20(4-2)19-11)8-14(18-16)13-6-5-10(15)9-17-13/h5-7,9,14,18H,3-4,8,16H2,1-2H3. The van der Waals surface area contributed by atoms with E-state index in [1.165, 1.54) is 12.3 Å². The molecule has 2 heterocycles. The second kappa shape index (κ2) is 6.58. The molecule has 20 heavy (non-hydrogen) atoms. The minimum atomic E-state index is -0.351. The van der Waals surface area contributed by atoms with Gasteiger partial charge in [-0.3, -0.25) is 20.9 Å². The molecule has 0 aromatic carbocycles. The van der Waals surface area contributed by atoms with Crippen molar-refractivity contribution in [1.29, 1.82) is 0 Å². The van der Waals surface area contributed by atoms with Crippen molar-refractivity contribution in [2.75, 3.05) is 0 Å². The average Bonchev–Trinajstić information content (AvgIpc) is 2.88. The zero-order chi connectivity index (χ0) is 14.5. The van der Waals surface area contributed by atoms with E-state index < -0.39 is 0 Å². The molecule has 3 N–H and O–H groups in total. The van der Waals surface area contributed by atoms with E-state index in [2.05, 4.69) is 35.4 Å². The van der Waals surface area contributed by atoms with Gasteiger partial charge >= 0.3 is 0 Å². The molecule has 0 aliphatic heterocycles. The van der Waals surface area contributed by atoms with Crippen LogP contribution < -0.4 is 11.3 Å². The van der Waals surface area contributed by atoms with Crippen LogP contribution in [0.5, 0.6) is 0 Å².